The number of alkyl halides is 3. The van der Waals surface area contributed by atoms with Gasteiger partial charge in [0.05, 0.1) is 17.1 Å². The molecule has 1 saturated carbocycles. The first-order valence-electron chi connectivity index (χ1n) is 6.23. The summed E-state index contributed by atoms with van der Waals surface area (Å²) >= 11 is 0. The lowest BCUT2D eigenvalue weighted by molar-refractivity contribution is -0.155. The van der Waals surface area contributed by atoms with Crippen LogP contribution >= 0.6 is 0 Å². The number of rotatable bonds is 1. The van der Waals surface area contributed by atoms with Gasteiger partial charge in [0.1, 0.15) is 0 Å². The van der Waals surface area contributed by atoms with Crippen molar-refractivity contribution in [3.8, 4) is 0 Å². The van der Waals surface area contributed by atoms with E-state index in [0.717, 1.165) is 0 Å². The summed E-state index contributed by atoms with van der Waals surface area (Å²) in [5, 5.41) is 0. The van der Waals surface area contributed by atoms with Crippen molar-refractivity contribution in [1.82, 2.24) is 0 Å². The Morgan fingerprint density at radius 1 is 0.889 bits per heavy atom. The van der Waals surface area contributed by atoms with Gasteiger partial charge in [-0.15, -0.1) is 0 Å². The van der Waals surface area contributed by atoms with Crippen molar-refractivity contribution in [2.24, 2.45) is 11.3 Å². The molecule has 2 fully saturated rings. The third kappa shape index (κ3) is 1.88. The van der Waals surface area contributed by atoms with Crippen molar-refractivity contribution >= 4 is 7.12 Å². The second-order valence-electron chi connectivity index (χ2n) is 6.99. The van der Waals surface area contributed by atoms with Crippen LogP contribution in [-0.2, 0) is 9.31 Å². The van der Waals surface area contributed by atoms with Gasteiger partial charge in [-0.25, -0.2) is 0 Å². The van der Waals surface area contributed by atoms with Crippen molar-refractivity contribution in [3.05, 3.63) is 0 Å². The molecule has 104 valence electrons. The molecule has 0 spiro atoms. The van der Waals surface area contributed by atoms with Crippen molar-refractivity contribution in [3.63, 3.8) is 0 Å². The van der Waals surface area contributed by atoms with Crippen LogP contribution in [0.15, 0.2) is 0 Å². The Balaban J connectivity index is 2.18. The van der Waals surface area contributed by atoms with Gasteiger partial charge in [0.15, 0.2) is 0 Å². The summed E-state index contributed by atoms with van der Waals surface area (Å²) in [5.41, 5.74) is -1.96. The van der Waals surface area contributed by atoms with E-state index in [1.54, 1.807) is 13.8 Å². The van der Waals surface area contributed by atoms with Crippen LogP contribution in [-0.4, -0.2) is 24.5 Å². The quantitative estimate of drug-likeness (QED) is 0.673. The Labute approximate surface area is 106 Å². The molecule has 2 atom stereocenters. The zero-order valence-corrected chi connectivity index (χ0v) is 11.7. The van der Waals surface area contributed by atoms with E-state index in [1.807, 2.05) is 27.7 Å². The molecule has 0 N–H and O–H groups in total. The zero-order chi connectivity index (χ0) is 14.1. The van der Waals surface area contributed by atoms with Crippen molar-refractivity contribution in [1.29, 1.82) is 0 Å². The smallest absolute Gasteiger partial charge is 0.403 e. The highest BCUT2D eigenvalue weighted by atomic mass is 19.4. The summed E-state index contributed by atoms with van der Waals surface area (Å²) < 4.78 is 50.2. The van der Waals surface area contributed by atoms with Crippen molar-refractivity contribution in [2.75, 3.05) is 0 Å². The number of hydrogen-bond acceptors (Lipinski definition) is 2. The first-order valence-corrected chi connectivity index (χ1v) is 6.23. The molecule has 1 aliphatic heterocycles. The van der Waals surface area contributed by atoms with Crippen molar-refractivity contribution < 1.29 is 22.5 Å². The first kappa shape index (κ1) is 14.2. The average Bonchev–Trinajstić information content (AvgIpc) is 2.58. The summed E-state index contributed by atoms with van der Waals surface area (Å²) in [6, 6.07) is 0. The maximum absolute atomic E-state index is 12.9. The Bertz CT molecular complexity index is 347. The van der Waals surface area contributed by atoms with Crippen LogP contribution in [0.4, 0.5) is 13.2 Å². The van der Waals surface area contributed by atoms with Gasteiger partial charge in [0, 0.05) is 5.82 Å². The molecule has 0 aromatic heterocycles. The van der Waals surface area contributed by atoms with Crippen LogP contribution in [0, 0.1) is 11.3 Å². The minimum Gasteiger partial charge on any atom is -0.403 e. The van der Waals surface area contributed by atoms with Gasteiger partial charge in [0.25, 0.3) is 0 Å². The predicted octanol–water partition coefficient (Wildman–Crippen LogP) is 3.67. The van der Waals surface area contributed by atoms with Crippen LogP contribution in [0.5, 0.6) is 0 Å². The van der Waals surface area contributed by atoms with Gasteiger partial charge >= 0.3 is 13.3 Å². The van der Waals surface area contributed by atoms with E-state index in [0.29, 0.717) is 0 Å². The Morgan fingerprint density at radius 2 is 1.28 bits per heavy atom. The van der Waals surface area contributed by atoms with Gasteiger partial charge in [-0.2, -0.15) is 13.2 Å². The van der Waals surface area contributed by atoms with E-state index in [4.69, 9.17) is 9.31 Å². The summed E-state index contributed by atoms with van der Waals surface area (Å²) in [6.07, 6.45) is -4.18. The van der Waals surface area contributed by atoms with Crippen molar-refractivity contribution in [2.45, 2.75) is 64.7 Å². The fraction of sp³-hybridized carbons (Fsp3) is 1.00. The summed E-state index contributed by atoms with van der Waals surface area (Å²) in [7, 11) is -0.767. The maximum Gasteiger partial charge on any atom is 0.462 e. The lowest BCUT2D eigenvalue weighted by Crippen LogP contribution is -2.41. The molecule has 0 aromatic carbocycles. The minimum absolute atomic E-state index is 0.577. The molecule has 0 amide bonds. The first-order chi connectivity index (χ1) is 7.81. The van der Waals surface area contributed by atoms with Gasteiger partial charge < -0.3 is 9.31 Å². The Hall–Kier alpha value is -0.225. The van der Waals surface area contributed by atoms with Crippen LogP contribution in [0.1, 0.15) is 41.5 Å². The lowest BCUT2D eigenvalue weighted by Gasteiger charge is -2.32. The molecule has 2 nitrogen and oxygen atoms in total. The van der Waals surface area contributed by atoms with Crippen LogP contribution in [0.3, 0.4) is 0 Å². The molecule has 1 aliphatic carbocycles. The molecule has 0 radical (unpaired) electrons. The van der Waals surface area contributed by atoms with E-state index in [9.17, 15) is 13.2 Å². The van der Waals surface area contributed by atoms with Crippen LogP contribution < -0.4 is 0 Å². The highest BCUT2D eigenvalue weighted by Gasteiger charge is 2.76. The third-order valence-corrected chi connectivity index (χ3v) is 4.83. The normalized spacial score (nSPS) is 36.8. The fourth-order valence-electron chi connectivity index (χ4n) is 2.85. The molecule has 0 bridgehead atoms. The SMILES string of the molecule is CC1(C)[C@@H](C(F)(F)F)[C@@H]1B1OC(C)(C)C(C)(C)O1. The highest BCUT2D eigenvalue weighted by Crippen LogP contribution is 2.71. The molecule has 1 saturated heterocycles. The lowest BCUT2D eigenvalue weighted by atomic mass is 9.77. The topological polar surface area (TPSA) is 18.5 Å². The highest BCUT2D eigenvalue weighted by molar-refractivity contribution is 6.49. The summed E-state index contributed by atoms with van der Waals surface area (Å²) in [5.74, 6) is -1.95. The Morgan fingerprint density at radius 3 is 1.56 bits per heavy atom. The van der Waals surface area contributed by atoms with E-state index in [-0.39, 0.29) is 0 Å². The molecular formula is C12H20BF3O2. The van der Waals surface area contributed by atoms with Gasteiger partial charge in [-0.05, 0) is 33.1 Å². The molecule has 2 rings (SSSR count). The fourth-order valence-corrected chi connectivity index (χ4v) is 2.85. The van der Waals surface area contributed by atoms with E-state index in [1.165, 1.54) is 0 Å². The van der Waals surface area contributed by atoms with Gasteiger partial charge in [-0.1, -0.05) is 13.8 Å². The monoisotopic (exact) mass is 264 g/mol. The number of hydrogen-bond donors (Lipinski definition) is 0. The van der Waals surface area contributed by atoms with E-state index in [2.05, 4.69) is 0 Å². The molecule has 18 heavy (non-hydrogen) atoms. The van der Waals surface area contributed by atoms with E-state index < -0.39 is 41.6 Å². The largest absolute Gasteiger partial charge is 0.462 e. The second kappa shape index (κ2) is 3.45. The van der Waals surface area contributed by atoms with Gasteiger partial charge in [-0.3, -0.25) is 0 Å². The summed E-state index contributed by atoms with van der Waals surface area (Å²) in [4.78, 5) is 0. The van der Waals surface area contributed by atoms with Gasteiger partial charge in [0.2, 0.25) is 0 Å². The molecular weight excluding hydrogens is 244 g/mol. The van der Waals surface area contributed by atoms with Crippen LogP contribution in [0.25, 0.3) is 0 Å². The van der Waals surface area contributed by atoms with Crippen LogP contribution in [0.2, 0.25) is 5.82 Å². The minimum atomic E-state index is -4.18. The standard InChI is InChI=1S/C12H20BF3O2/c1-9(2)7(12(14,15)16)8(9)13-17-10(3,4)11(5,6)18-13/h7-8H,1-6H3/t7-,8-/m0/s1. The molecule has 1 heterocycles. The summed E-state index contributed by atoms with van der Waals surface area (Å²) in [6.45, 7) is 10.7. The maximum atomic E-state index is 12.9. The Kier molecular flexibility index (Phi) is 2.72. The second-order valence-corrected chi connectivity index (χ2v) is 6.99. The molecule has 6 heteroatoms. The average molecular weight is 264 g/mol. The number of halogens is 3. The molecule has 0 unspecified atom stereocenters. The predicted molar refractivity (Wildman–Crippen MR) is 63.2 cm³/mol. The molecule has 2 aliphatic rings. The third-order valence-electron chi connectivity index (χ3n) is 4.83. The zero-order valence-electron chi connectivity index (χ0n) is 11.7. The van der Waals surface area contributed by atoms with E-state index >= 15 is 0 Å². The molecule has 0 aromatic rings.